The molecule has 41 heavy (non-hydrogen) atoms. The average Bonchev–Trinajstić information content (AvgIpc) is 2.96. The van der Waals surface area contributed by atoms with E-state index < -0.39 is 10.0 Å². The van der Waals surface area contributed by atoms with E-state index in [1.807, 2.05) is 36.9 Å². The quantitative estimate of drug-likeness (QED) is 0.484. The van der Waals surface area contributed by atoms with Gasteiger partial charge in [0.25, 0.3) is 15.9 Å². The molecule has 1 amide bonds. The average molecular weight is 576 g/mol. The van der Waals surface area contributed by atoms with Gasteiger partial charge in [-0.2, -0.15) is 4.98 Å². The minimum atomic E-state index is -4.07. The Morgan fingerprint density at radius 1 is 0.976 bits per heavy atom. The lowest BCUT2D eigenvalue weighted by molar-refractivity contribution is 0.0277. The largest absolute Gasteiger partial charge is 0.475 e. The maximum atomic E-state index is 13.8. The van der Waals surface area contributed by atoms with Crippen LogP contribution in [0.5, 0.6) is 5.88 Å². The summed E-state index contributed by atoms with van der Waals surface area (Å²) in [6, 6.07) is 13.7. The Bertz CT molecular complexity index is 1530. The van der Waals surface area contributed by atoms with Gasteiger partial charge in [0, 0.05) is 43.4 Å². The minimum Gasteiger partial charge on any atom is -0.475 e. The van der Waals surface area contributed by atoms with Crippen molar-refractivity contribution in [3.8, 4) is 17.1 Å². The van der Waals surface area contributed by atoms with Crippen LogP contribution in [0.1, 0.15) is 53.6 Å². The molecule has 3 heterocycles. The fraction of sp³-hybridized carbons (Fsp3) is 0.452. The molecule has 1 aliphatic carbocycles. The number of ether oxygens (including phenoxy) is 1. The monoisotopic (exact) mass is 575 g/mol. The molecular formula is C31H37N5O4S. The summed E-state index contributed by atoms with van der Waals surface area (Å²) in [4.78, 5) is 27.1. The Balaban J connectivity index is 1.39. The van der Waals surface area contributed by atoms with Gasteiger partial charge >= 0.3 is 0 Å². The van der Waals surface area contributed by atoms with Gasteiger partial charge in [-0.25, -0.2) is 18.1 Å². The molecule has 2 aromatic carbocycles. The van der Waals surface area contributed by atoms with Crippen molar-refractivity contribution in [2.75, 3.05) is 37.5 Å². The third-order valence-electron chi connectivity index (χ3n) is 8.55. The predicted molar refractivity (Wildman–Crippen MR) is 158 cm³/mol. The van der Waals surface area contributed by atoms with E-state index in [1.54, 1.807) is 18.2 Å². The standard InChI is InChI=1S/C31H37N5O4S/c1-21-8-6-9-22(2)29(21)27-17-28-33-31(32-27)34-41(38,39)26-13-7-12-24(16-26)30(37)36-15-14-35(19-25(36)20-40-28)18-23-10-4-3-5-11-23/h6-9,12-13,16-17,23,25H,3-5,10-11,14-15,18-20H2,1-2H3,(H,32,33,34)/t25-/m1/s1. The number of aryl methyl sites for hydroxylation is 2. The van der Waals surface area contributed by atoms with Crippen molar-refractivity contribution in [3.63, 3.8) is 0 Å². The maximum absolute atomic E-state index is 13.8. The topological polar surface area (TPSA) is 105 Å². The minimum absolute atomic E-state index is 0.0152. The molecule has 3 aromatic rings. The van der Waals surface area contributed by atoms with Gasteiger partial charge in [-0.15, -0.1) is 0 Å². The van der Waals surface area contributed by atoms with Crippen LogP contribution in [-0.2, 0) is 10.0 Å². The number of nitrogens with one attached hydrogen (secondary N) is 1. The number of sulfonamides is 1. The van der Waals surface area contributed by atoms with Crippen LogP contribution in [0.3, 0.4) is 0 Å². The molecule has 2 fully saturated rings. The third kappa shape index (κ3) is 5.94. The number of hydrogen-bond acceptors (Lipinski definition) is 7. The molecule has 1 saturated carbocycles. The first-order valence-corrected chi connectivity index (χ1v) is 16.0. The summed E-state index contributed by atoms with van der Waals surface area (Å²) in [6.07, 6.45) is 6.44. The van der Waals surface area contributed by atoms with E-state index in [4.69, 9.17) is 4.74 Å². The highest BCUT2D eigenvalue weighted by Crippen LogP contribution is 2.31. The number of benzene rings is 2. The molecule has 6 rings (SSSR count). The molecule has 1 aromatic heterocycles. The first kappa shape index (κ1) is 27.7. The van der Waals surface area contributed by atoms with E-state index in [0.29, 0.717) is 30.3 Å². The fourth-order valence-corrected chi connectivity index (χ4v) is 7.43. The summed E-state index contributed by atoms with van der Waals surface area (Å²) in [5, 5.41) is 0. The van der Waals surface area contributed by atoms with Gasteiger partial charge in [-0.1, -0.05) is 43.5 Å². The molecule has 10 heteroatoms. The van der Waals surface area contributed by atoms with Gasteiger partial charge in [0.2, 0.25) is 11.8 Å². The number of carbonyl (C=O) groups is 1. The molecule has 3 aliphatic rings. The third-order valence-corrected chi connectivity index (χ3v) is 9.88. The molecular weight excluding hydrogens is 538 g/mol. The molecule has 1 atom stereocenters. The first-order chi connectivity index (χ1) is 19.8. The highest BCUT2D eigenvalue weighted by molar-refractivity contribution is 7.92. The smallest absolute Gasteiger partial charge is 0.264 e. The number of amides is 1. The van der Waals surface area contributed by atoms with Crippen LogP contribution < -0.4 is 9.46 Å². The number of anilines is 1. The van der Waals surface area contributed by atoms with E-state index in [-0.39, 0.29) is 35.3 Å². The second-order valence-electron chi connectivity index (χ2n) is 11.5. The summed E-state index contributed by atoms with van der Waals surface area (Å²) in [6.45, 7) is 7.29. The van der Waals surface area contributed by atoms with E-state index in [2.05, 4.69) is 19.6 Å². The normalized spacial score (nSPS) is 21.5. The van der Waals surface area contributed by atoms with Gasteiger partial charge < -0.3 is 9.64 Å². The number of aromatic nitrogens is 2. The number of piperazine rings is 1. The van der Waals surface area contributed by atoms with Gasteiger partial charge in [0.15, 0.2) is 0 Å². The maximum Gasteiger partial charge on any atom is 0.264 e. The summed E-state index contributed by atoms with van der Waals surface area (Å²) in [7, 11) is -4.07. The summed E-state index contributed by atoms with van der Waals surface area (Å²) in [5.41, 5.74) is 3.83. The molecule has 216 valence electrons. The molecule has 0 unspecified atom stereocenters. The van der Waals surface area contributed by atoms with E-state index >= 15 is 0 Å². The van der Waals surface area contributed by atoms with Crippen molar-refractivity contribution in [1.29, 1.82) is 0 Å². The van der Waals surface area contributed by atoms with Crippen molar-refractivity contribution in [2.24, 2.45) is 5.92 Å². The highest BCUT2D eigenvalue weighted by Gasteiger charge is 2.34. The zero-order valence-electron chi connectivity index (χ0n) is 23.7. The van der Waals surface area contributed by atoms with Crippen molar-refractivity contribution < 1.29 is 17.9 Å². The Hall–Kier alpha value is -3.50. The van der Waals surface area contributed by atoms with Gasteiger partial charge in [0.1, 0.15) is 6.61 Å². The molecule has 9 nitrogen and oxygen atoms in total. The lowest BCUT2D eigenvalue weighted by atomic mass is 9.88. The highest BCUT2D eigenvalue weighted by atomic mass is 32.2. The van der Waals surface area contributed by atoms with Gasteiger partial charge in [-0.3, -0.25) is 9.69 Å². The van der Waals surface area contributed by atoms with Crippen LogP contribution in [0.15, 0.2) is 53.4 Å². The van der Waals surface area contributed by atoms with Gasteiger partial charge in [0.05, 0.1) is 16.6 Å². The van der Waals surface area contributed by atoms with Crippen LogP contribution in [-0.4, -0.2) is 72.9 Å². The Morgan fingerprint density at radius 3 is 2.51 bits per heavy atom. The van der Waals surface area contributed by atoms with E-state index in [0.717, 1.165) is 29.8 Å². The summed E-state index contributed by atoms with van der Waals surface area (Å²) < 4.78 is 35.6. The molecule has 2 aliphatic heterocycles. The SMILES string of the molecule is Cc1cccc(C)c1-c1cc2nc(n1)NS(=O)(=O)c1cccc(c1)C(=O)N1CCN(CC3CCCCC3)C[C@@H]1CO2. The fourth-order valence-electron chi connectivity index (χ4n) is 6.44. The van der Waals surface area contributed by atoms with Crippen LogP contribution >= 0.6 is 0 Å². The molecule has 1 N–H and O–H groups in total. The van der Waals surface area contributed by atoms with E-state index in [9.17, 15) is 13.2 Å². The zero-order chi connectivity index (χ0) is 28.6. The predicted octanol–water partition coefficient (Wildman–Crippen LogP) is 4.66. The van der Waals surface area contributed by atoms with Crippen molar-refractivity contribution in [3.05, 3.63) is 65.2 Å². The summed E-state index contributed by atoms with van der Waals surface area (Å²) in [5.74, 6) is 0.689. The second kappa shape index (κ2) is 11.4. The Labute approximate surface area is 242 Å². The molecule has 4 bridgehead atoms. The van der Waals surface area contributed by atoms with Crippen molar-refractivity contribution in [1.82, 2.24) is 19.8 Å². The Kier molecular flexibility index (Phi) is 7.70. The van der Waals surface area contributed by atoms with Gasteiger partial charge in [-0.05, 0) is 61.9 Å². The Morgan fingerprint density at radius 2 is 1.73 bits per heavy atom. The first-order valence-electron chi connectivity index (χ1n) is 14.5. The molecule has 0 spiro atoms. The van der Waals surface area contributed by atoms with Crippen molar-refractivity contribution in [2.45, 2.75) is 56.9 Å². The summed E-state index contributed by atoms with van der Waals surface area (Å²) >= 11 is 0. The van der Waals surface area contributed by atoms with Crippen LogP contribution in [0.4, 0.5) is 5.95 Å². The van der Waals surface area contributed by atoms with Crippen LogP contribution in [0, 0.1) is 19.8 Å². The van der Waals surface area contributed by atoms with Crippen LogP contribution in [0.25, 0.3) is 11.3 Å². The molecule has 1 saturated heterocycles. The van der Waals surface area contributed by atoms with Crippen LogP contribution in [0.2, 0.25) is 0 Å². The second-order valence-corrected chi connectivity index (χ2v) is 13.2. The zero-order valence-corrected chi connectivity index (χ0v) is 24.5. The lowest BCUT2D eigenvalue weighted by Gasteiger charge is -2.42. The number of hydrogen-bond donors (Lipinski definition) is 1. The molecule has 0 radical (unpaired) electrons. The number of nitrogens with zero attached hydrogens (tertiary/aromatic N) is 4. The lowest BCUT2D eigenvalue weighted by Crippen LogP contribution is -2.58. The van der Waals surface area contributed by atoms with Crippen molar-refractivity contribution >= 4 is 21.9 Å². The number of rotatable bonds is 3. The van der Waals surface area contributed by atoms with E-state index in [1.165, 1.54) is 44.2 Å². The number of fused-ring (bicyclic) bond motifs is 5. The number of carbonyl (C=O) groups excluding carboxylic acids is 1.